The molecule has 0 spiro atoms. The summed E-state index contributed by atoms with van der Waals surface area (Å²) >= 11 is 0. The standard InChI is InChI=1S/C14H29N3O2/c1-13(2,3)19-12(18)16-14(4,5)11(15)10-7-8-17(6)9-10/h10-11H,7-9,15H2,1-6H3,(H,16,18). The molecule has 5 nitrogen and oxygen atoms in total. The van der Waals surface area contributed by atoms with Gasteiger partial charge in [0.25, 0.3) is 0 Å². The van der Waals surface area contributed by atoms with E-state index in [1.54, 1.807) is 0 Å². The van der Waals surface area contributed by atoms with E-state index in [0.29, 0.717) is 5.92 Å². The van der Waals surface area contributed by atoms with Crippen molar-refractivity contribution in [2.24, 2.45) is 11.7 Å². The summed E-state index contributed by atoms with van der Waals surface area (Å²) in [5, 5.41) is 2.90. The van der Waals surface area contributed by atoms with E-state index < -0.39 is 17.2 Å². The summed E-state index contributed by atoms with van der Waals surface area (Å²) in [5.74, 6) is 0.412. The van der Waals surface area contributed by atoms with Crippen LogP contribution >= 0.6 is 0 Å². The van der Waals surface area contributed by atoms with E-state index in [1.165, 1.54) is 0 Å². The van der Waals surface area contributed by atoms with Crippen LogP contribution in [0.2, 0.25) is 0 Å². The van der Waals surface area contributed by atoms with Crippen molar-refractivity contribution in [2.45, 2.75) is 58.2 Å². The first kappa shape index (κ1) is 16.2. The maximum absolute atomic E-state index is 11.9. The van der Waals surface area contributed by atoms with Gasteiger partial charge in [0.15, 0.2) is 0 Å². The molecule has 3 N–H and O–H groups in total. The predicted molar refractivity (Wildman–Crippen MR) is 77.0 cm³/mol. The zero-order chi connectivity index (χ0) is 14.8. The highest BCUT2D eigenvalue weighted by Crippen LogP contribution is 2.24. The molecular formula is C14H29N3O2. The monoisotopic (exact) mass is 271 g/mol. The largest absolute Gasteiger partial charge is 0.444 e. The van der Waals surface area contributed by atoms with E-state index in [0.717, 1.165) is 19.5 Å². The topological polar surface area (TPSA) is 67.6 Å². The molecule has 1 amide bonds. The van der Waals surface area contributed by atoms with Crippen molar-refractivity contribution in [3.05, 3.63) is 0 Å². The third-order valence-electron chi connectivity index (χ3n) is 3.59. The molecule has 1 rings (SSSR count). The van der Waals surface area contributed by atoms with Crippen molar-refractivity contribution in [3.63, 3.8) is 0 Å². The second-order valence-corrected chi connectivity index (χ2v) is 7.19. The van der Waals surface area contributed by atoms with E-state index in [9.17, 15) is 4.79 Å². The molecule has 2 unspecified atom stereocenters. The average Bonchev–Trinajstić information content (AvgIpc) is 2.59. The van der Waals surface area contributed by atoms with Gasteiger partial charge in [-0.3, -0.25) is 0 Å². The average molecular weight is 271 g/mol. The normalized spacial score (nSPS) is 23.2. The van der Waals surface area contributed by atoms with Crippen LogP contribution in [0.5, 0.6) is 0 Å². The van der Waals surface area contributed by atoms with Crippen molar-refractivity contribution in [1.82, 2.24) is 10.2 Å². The number of amides is 1. The molecule has 2 atom stereocenters. The van der Waals surface area contributed by atoms with Crippen LogP contribution in [-0.2, 0) is 4.74 Å². The lowest BCUT2D eigenvalue weighted by Gasteiger charge is -2.36. The molecule has 1 fully saturated rings. The van der Waals surface area contributed by atoms with Gasteiger partial charge in [0, 0.05) is 12.6 Å². The summed E-state index contributed by atoms with van der Waals surface area (Å²) in [4.78, 5) is 14.1. The molecule has 0 aliphatic carbocycles. The van der Waals surface area contributed by atoms with Crippen molar-refractivity contribution in [1.29, 1.82) is 0 Å². The Hall–Kier alpha value is -0.810. The highest BCUT2D eigenvalue weighted by Gasteiger charge is 2.37. The second-order valence-electron chi connectivity index (χ2n) is 7.19. The number of nitrogens with two attached hydrogens (primary N) is 1. The number of likely N-dealkylation sites (tertiary alicyclic amines) is 1. The molecule has 5 heteroatoms. The van der Waals surface area contributed by atoms with Gasteiger partial charge in [0.1, 0.15) is 5.60 Å². The SMILES string of the molecule is CN1CCC(C(N)C(C)(C)NC(=O)OC(C)(C)C)C1. The molecule has 0 aromatic carbocycles. The van der Waals surface area contributed by atoms with Crippen molar-refractivity contribution >= 4 is 6.09 Å². The van der Waals surface area contributed by atoms with Gasteiger partial charge in [-0.15, -0.1) is 0 Å². The van der Waals surface area contributed by atoms with Gasteiger partial charge in [-0.25, -0.2) is 4.79 Å². The Morgan fingerprint density at radius 3 is 2.37 bits per heavy atom. The van der Waals surface area contributed by atoms with E-state index in [2.05, 4.69) is 17.3 Å². The first-order valence-electron chi connectivity index (χ1n) is 6.96. The number of hydrogen-bond donors (Lipinski definition) is 2. The van der Waals surface area contributed by atoms with Crippen LogP contribution in [0.25, 0.3) is 0 Å². The minimum atomic E-state index is -0.488. The zero-order valence-corrected chi connectivity index (χ0v) is 13.1. The van der Waals surface area contributed by atoms with Gasteiger partial charge >= 0.3 is 6.09 Å². The Balaban J connectivity index is 2.57. The van der Waals surface area contributed by atoms with E-state index in [4.69, 9.17) is 10.5 Å². The number of rotatable bonds is 3. The maximum Gasteiger partial charge on any atom is 0.408 e. The Morgan fingerprint density at radius 2 is 1.95 bits per heavy atom. The number of nitrogens with one attached hydrogen (secondary N) is 1. The third kappa shape index (κ3) is 4.99. The Morgan fingerprint density at radius 1 is 1.37 bits per heavy atom. The summed E-state index contributed by atoms with van der Waals surface area (Å²) < 4.78 is 5.29. The lowest BCUT2D eigenvalue weighted by molar-refractivity contribution is 0.0445. The number of hydrogen-bond acceptors (Lipinski definition) is 4. The van der Waals surface area contributed by atoms with Gasteiger partial charge in [0.2, 0.25) is 0 Å². The molecule has 19 heavy (non-hydrogen) atoms. The van der Waals surface area contributed by atoms with Gasteiger partial charge in [-0.1, -0.05) is 0 Å². The third-order valence-corrected chi connectivity index (χ3v) is 3.59. The number of carbonyl (C=O) groups excluding carboxylic acids is 1. The molecule has 112 valence electrons. The molecule has 1 aliphatic heterocycles. The Labute approximate surface area is 116 Å². The summed E-state index contributed by atoms with van der Waals surface area (Å²) in [6.45, 7) is 11.5. The predicted octanol–water partition coefficient (Wildman–Crippen LogP) is 1.57. The molecular weight excluding hydrogens is 242 g/mol. The van der Waals surface area contributed by atoms with E-state index in [1.807, 2.05) is 34.6 Å². The van der Waals surface area contributed by atoms with Crippen LogP contribution in [0.1, 0.15) is 41.0 Å². The summed E-state index contributed by atoms with van der Waals surface area (Å²) in [6, 6.07) is -0.0787. The molecule has 1 heterocycles. The molecule has 0 bridgehead atoms. The Bertz CT molecular complexity index is 323. The highest BCUT2D eigenvalue weighted by atomic mass is 16.6. The van der Waals surface area contributed by atoms with Crippen LogP contribution in [0.15, 0.2) is 0 Å². The zero-order valence-electron chi connectivity index (χ0n) is 13.1. The van der Waals surface area contributed by atoms with Gasteiger partial charge in [-0.2, -0.15) is 0 Å². The Kier molecular flexibility index (Phi) is 4.85. The van der Waals surface area contributed by atoms with Crippen LogP contribution in [-0.4, -0.2) is 48.3 Å². The lowest BCUT2D eigenvalue weighted by Crippen LogP contribution is -2.59. The quantitative estimate of drug-likeness (QED) is 0.817. The van der Waals surface area contributed by atoms with E-state index >= 15 is 0 Å². The minimum absolute atomic E-state index is 0.0787. The van der Waals surface area contributed by atoms with Crippen LogP contribution in [0, 0.1) is 5.92 Å². The number of carbonyl (C=O) groups is 1. The van der Waals surface area contributed by atoms with Crippen LogP contribution < -0.4 is 11.1 Å². The first-order chi connectivity index (χ1) is 8.51. The highest BCUT2D eigenvalue weighted by molar-refractivity contribution is 5.68. The van der Waals surface area contributed by atoms with Crippen molar-refractivity contribution in [3.8, 4) is 0 Å². The maximum atomic E-state index is 11.9. The van der Waals surface area contributed by atoms with Gasteiger partial charge in [0.05, 0.1) is 5.54 Å². The molecule has 0 saturated carbocycles. The molecule has 1 aliphatic rings. The summed E-state index contributed by atoms with van der Waals surface area (Å²) in [7, 11) is 2.10. The molecule has 0 radical (unpaired) electrons. The molecule has 0 aromatic heterocycles. The first-order valence-corrected chi connectivity index (χ1v) is 6.96. The summed E-state index contributed by atoms with van der Waals surface area (Å²) in [5.41, 5.74) is 5.37. The second kappa shape index (κ2) is 5.67. The van der Waals surface area contributed by atoms with Crippen LogP contribution in [0.4, 0.5) is 4.79 Å². The fourth-order valence-corrected chi connectivity index (χ4v) is 2.50. The van der Waals surface area contributed by atoms with Crippen molar-refractivity contribution in [2.75, 3.05) is 20.1 Å². The smallest absolute Gasteiger partial charge is 0.408 e. The minimum Gasteiger partial charge on any atom is -0.444 e. The van der Waals surface area contributed by atoms with Gasteiger partial charge in [-0.05, 0) is 60.5 Å². The lowest BCUT2D eigenvalue weighted by atomic mass is 9.84. The summed E-state index contributed by atoms with van der Waals surface area (Å²) in [6.07, 6.45) is 0.677. The van der Waals surface area contributed by atoms with Crippen molar-refractivity contribution < 1.29 is 9.53 Å². The molecule has 1 saturated heterocycles. The van der Waals surface area contributed by atoms with Crippen LogP contribution in [0.3, 0.4) is 0 Å². The molecule has 0 aromatic rings. The van der Waals surface area contributed by atoms with E-state index in [-0.39, 0.29) is 6.04 Å². The fraction of sp³-hybridized carbons (Fsp3) is 0.929. The van der Waals surface area contributed by atoms with Gasteiger partial charge < -0.3 is 20.7 Å². The number of ether oxygens (including phenoxy) is 1. The number of alkyl carbamates (subject to hydrolysis) is 1. The number of nitrogens with zero attached hydrogens (tertiary/aromatic N) is 1. The fourth-order valence-electron chi connectivity index (χ4n) is 2.50.